The van der Waals surface area contributed by atoms with Crippen LogP contribution in [-0.2, 0) is 12.8 Å². The third kappa shape index (κ3) is 2.90. The number of rotatable bonds is 3. The van der Waals surface area contributed by atoms with Crippen molar-refractivity contribution in [3.8, 4) is 11.5 Å². The molecule has 1 aliphatic rings. The number of fused-ring (bicyclic) bond motifs is 1. The van der Waals surface area contributed by atoms with Crippen LogP contribution in [0.2, 0.25) is 0 Å². The molecule has 0 bridgehead atoms. The minimum Gasteiger partial charge on any atom is -0.504 e. The van der Waals surface area contributed by atoms with Crippen LogP contribution >= 0.6 is 12.4 Å². The van der Waals surface area contributed by atoms with Crippen LogP contribution in [0.3, 0.4) is 0 Å². The van der Waals surface area contributed by atoms with Gasteiger partial charge in [-0.2, -0.15) is 0 Å². The second-order valence-electron chi connectivity index (χ2n) is 4.95. The van der Waals surface area contributed by atoms with E-state index < -0.39 is 0 Å². The molecule has 1 unspecified atom stereocenters. The fourth-order valence-corrected chi connectivity index (χ4v) is 2.71. The Bertz CT molecular complexity index is 409. The Kier molecular flexibility index (Phi) is 5.29. The molecule has 0 fully saturated rings. The van der Waals surface area contributed by atoms with Crippen molar-refractivity contribution in [1.29, 1.82) is 0 Å². The van der Waals surface area contributed by atoms with E-state index in [0.717, 1.165) is 31.4 Å². The fourth-order valence-electron chi connectivity index (χ4n) is 2.71. The quantitative estimate of drug-likeness (QED) is 0.831. The smallest absolute Gasteiger partial charge is 0.160 e. The third-order valence-corrected chi connectivity index (χ3v) is 3.74. The Labute approximate surface area is 115 Å². The second kappa shape index (κ2) is 6.30. The summed E-state index contributed by atoms with van der Waals surface area (Å²) in [5.74, 6) is 0.0863. The van der Waals surface area contributed by atoms with E-state index in [9.17, 15) is 10.2 Å². The van der Waals surface area contributed by atoms with Gasteiger partial charge < -0.3 is 15.1 Å². The maximum absolute atomic E-state index is 9.81. The van der Waals surface area contributed by atoms with Gasteiger partial charge in [-0.1, -0.05) is 13.0 Å². The molecule has 18 heavy (non-hydrogen) atoms. The van der Waals surface area contributed by atoms with Crippen molar-refractivity contribution in [2.75, 3.05) is 13.6 Å². The number of aromatic hydroxyl groups is 2. The fraction of sp³-hybridized carbons (Fsp3) is 0.571. The predicted molar refractivity (Wildman–Crippen MR) is 75.8 cm³/mol. The minimum atomic E-state index is 0. The lowest BCUT2D eigenvalue weighted by atomic mass is 9.86. The molecular weight excluding hydrogens is 250 g/mol. The highest BCUT2D eigenvalue weighted by Gasteiger charge is 2.24. The van der Waals surface area contributed by atoms with Gasteiger partial charge in [0.2, 0.25) is 0 Å². The summed E-state index contributed by atoms with van der Waals surface area (Å²) < 4.78 is 0. The minimum absolute atomic E-state index is 0. The summed E-state index contributed by atoms with van der Waals surface area (Å²) in [7, 11) is 2.17. The molecule has 3 nitrogen and oxygen atoms in total. The third-order valence-electron chi connectivity index (χ3n) is 3.74. The Morgan fingerprint density at radius 1 is 1.33 bits per heavy atom. The maximum atomic E-state index is 9.81. The van der Waals surface area contributed by atoms with Crippen molar-refractivity contribution in [2.24, 2.45) is 0 Å². The van der Waals surface area contributed by atoms with Crippen LogP contribution in [0.4, 0.5) is 0 Å². The summed E-state index contributed by atoms with van der Waals surface area (Å²) in [5, 5.41) is 19.3. The average molecular weight is 272 g/mol. The molecule has 0 amide bonds. The van der Waals surface area contributed by atoms with Crippen LogP contribution in [0, 0.1) is 0 Å². The summed E-state index contributed by atoms with van der Waals surface area (Å²) in [6.07, 6.45) is 4.05. The molecule has 0 heterocycles. The van der Waals surface area contributed by atoms with E-state index in [-0.39, 0.29) is 23.9 Å². The van der Waals surface area contributed by atoms with Crippen molar-refractivity contribution >= 4 is 12.4 Å². The average Bonchev–Trinajstić information content (AvgIpc) is 2.34. The van der Waals surface area contributed by atoms with Crippen LogP contribution in [0.1, 0.15) is 30.9 Å². The first-order valence-corrected chi connectivity index (χ1v) is 6.36. The molecule has 0 aromatic heterocycles. The lowest BCUT2D eigenvalue weighted by Gasteiger charge is -2.32. The second-order valence-corrected chi connectivity index (χ2v) is 4.95. The number of likely N-dealkylation sites (N-methyl/N-ethyl adjacent to an activating group) is 1. The monoisotopic (exact) mass is 271 g/mol. The standard InChI is InChI=1S/C14H21NO2.ClH/c1-3-8-15(2)11-5-6-12-10(9-11)4-7-13(16)14(12)17;/h4,7,11,16-17H,3,5-6,8-9H2,1-2H3;1H. The number of benzene rings is 1. The number of phenolic OH excluding ortho intramolecular Hbond substituents is 2. The van der Waals surface area contributed by atoms with Gasteiger partial charge in [-0.3, -0.25) is 0 Å². The summed E-state index contributed by atoms with van der Waals surface area (Å²) in [6, 6.07) is 4.10. The Morgan fingerprint density at radius 2 is 2.06 bits per heavy atom. The van der Waals surface area contributed by atoms with Crippen LogP contribution in [0.25, 0.3) is 0 Å². The van der Waals surface area contributed by atoms with Crippen molar-refractivity contribution in [3.63, 3.8) is 0 Å². The number of hydrogen-bond acceptors (Lipinski definition) is 3. The number of phenols is 2. The summed E-state index contributed by atoms with van der Waals surface area (Å²) in [5.41, 5.74) is 2.12. The Morgan fingerprint density at radius 3 is 2.72 bits per heavy atom. The zero-order valence-corrected chi connectivity index (χ0v) is 11.8. The number of halogens is 1. The van der Waals surface area contributed by atoms with Gasteiger partial charge in [0.05, 0.1) is 0 Å². The van der Waals surface area contributed by atoms with Gasteiger partial charge in [0.1, 0.15) is 0 Å². The molecule has 0 radical (unpaired) electrons. The molecule has 0 saturated heterocycles. The highest BCUT2D eigenvalue weighted by atomic mass is 35.5. The van der Waals surface area contributed by atoms with E-state index in [0.29, 0.717) is 6.04 Å². The molecule has 0 spiro atoms. The van der Waals surface area contributed by atoms with Gasteiger partial charge >= 0.3 is 0 Å². The lowest BCUT2D eigenvalue weighted by molar-refractivity contribution is 0.221. The van der Waals surface area contributed by atoms with Crippen molar-refractivity contribution in [1.82, 2.24) is 4.90 Å². The van der Waals surface area contributed by atoms with Crippen molar-refractivity contribution < 1.29 is 10.2 Å². The van der Waals surface area contributed by atoms with Gasteiger partial charge in [-0.25, -0.2) is 0 Å². The molecule has 1 aromatic carbocycles. The predicted octanol–water partition coefficient (Wildman–Crippen LogP) is 2.72. The summed E-state index contributed by atoms with van der Waals surface area (Å²) in [6.45, 7) is 3.31. The van der Waals surface area contributed by atoms with E-state index in [4.69, 9.17) is 0 Å². The molecule has 4 heteroatoms. The molecule has 1 atom stereocenters. The Balaban J connectivity index is 0.00000162. The van der Waals surface area contributed by atoms with Gasteiger partial charge in [-0.15, -0.1) is 12.4 Å². The van der Waals surface area contributed by atoms with Gasteiger partial charge in [0, 0.05) is 11.6 Å². The van der Waals surface area contributed by atoms with E-state index in [1.165, 1.54) is 12.0 Å². The van der Waals surface area contributed by atoms with Crippen LogP contribution in [0.15, 0.2) is 12.1 Å². The molecular formula is C14H22ClNO2. The van der Waals surface area contributed by atoms with Crippen LogP contribution in [-0.4, -0.2) is 34.7 Å². The highest BCUT2D eigenvalue weighted by molar-refractivity contribution is 5.85. The van der Waals surface area contributed by atoms with Crippen molar-refractivity contribution in [3.05, 3.63) is 23.3 Å². The normalized spacial score (nSPS) is 18.3. The Hall–Kier alpha value is -0.930. The van der Waals surface area contributed by atoms with E-state index in [1.807, 2.05) is 6.07 Å². The van der Waals surface area contributed by atoms with E-state index in [2.05, 4.69) is 18.9 Å². The molecule has 102 valence electrons. The van der Waals surface area contributed by atoms with Gasteiger partial charge in [0.25, 0.3) is 0 Å². The van der Waals surface area contributed by atoms with Crippen LogP contribution in [0.5, 0.6) is 11.5 Å². The largest absolute Gasteiger partial charge is 0.504 e. The van der Waals surface area contributed by atoms with E-state index in [1.54, 1.807) is 6.07 Å². The molecule has 2 rings (SSSR count). The zero-order chi connectivity index (χ0) is 12.4. The molecule has 0 aliphatic heterocycles. The van der Waals surface area contributed by atoms with Gasteiger partial charge in [0.15, 0.2) is 11.5 Å². The number of hydrogen-bond donors (Lipinski definition) is 2. The molecule has 2 N–H and O–H groups in total. The topological polar surface area (TPSA) is 43.7 Å². The summed E-state index contributed by atoms with van der Waals surface area (Å²) in [4.78, 5) is 2.40. The first-order valence-electron chi connectivity index (χ1n) is 6.36. The van der Waals surface area contributed by atoms with Crippen LogP contribution < -0.4 is 0 Å². The molecule has 0 saturated carbocycles. The van der Waals surface area contributed by atoms with Crippen molar-refractivity contribution in [2.45, 2.75) is 38.6 Å². The first-order chi connectivity index (χ1) is 8.13. The molecule has 1 aliphatic carbocycles. The maximum Gasteiger partial charge on any atom is 0.160 e. The number of nitrogens with zero attached hydrogens (tertiary/aromatic N) is 1. The highest BCUT2D eigenvalue weighted by Crippen LogP contribution is 2.36. The van der Waals surface area contributed by atoms with Gasteiger partial charge in [-0.05, 0) is 50.9 Å². The zero-order valence-electron chi connectivity index (χ0n) is 11.0. The van der Waals surface area contributed by atoms with E-state index >= 15 is 0 Å². The SMILES string of the molecule is CCCN(C)C1CCc2c(ccc(O)c2O)C1.Cl. The first kappa shape index (κ1) is 15.1. The molecule has 1 aromatic rings. The lowest BCUT2D eigenvalue weighted by Crippen LogP contribution is -2.36. The summed E-state index contributed by atoms with van der Waals surface area (Å²) >= 11 is 0.